The fourth-order valence-corrected chi connectivity index (χ4v) is 2.01. The molecular formula is C14H17ClN4O. The summed E-state index contributed by atoms with van der Waals surface area (Å²) >= 11 is 6.19. The maximum atomic E-state index is 6.19. The van der Waals surface area contributed by atoms with E-state index < -0.39 is 0 Å². The van der Waals surface area contributed by atoms with Crippen molar-refractivity contribution in [2.24, 2.45) is 0 Å². The molecule has 0 spiro atoms. The van der Waals surface area contributed by atoms with E-state index in [0.29, 0.717) is 17.5 Å². The minimum atomic E-state index is 0.533. The van der Waals surface area contributed by atoms with Crippen molar-refractivity contribution in [1.82, 2.24) is 9.97 Å². The van der Waals surface area contributed by atoms with Gasteiger partial charge in [0.15, 0.2) is 0 Å². The Bertz CT molecular complexity index is 577. The summed E-state index contributed by atoms with van der Waals surface area (Å²) in [6.07, 6.45) is 1.71. The van der Waals surface area contributed by atoms with Gasteiger partial charge in [0.25, 0.3) is 0 Å². The van der Waals surface area contributed by atoms with Gasteiger partial charge in [-0.05, 0) is 25.1 Å². The zero-order valence-electron chi connectivity index (χ0n) is 11.5. The van der Waals surface area contributed by atoms with Crippen LogP contribution < -0.4 is 15.4 Å². The average molecular weight is 293 g/mol. The van der Waals surface area contributed by atoms with E-state index in [1.807, 2.05) is 31.2 Å². The van der Waals surface area contributed by atoms with Gasteiger partial charge in [0.1, 0.15) is 11.6 Å². The second-order valence-corrected chi connectivity index (χ2v) is 4.48. The molecule has 6 heteroatoms. The fraction of sp³-hybridized carbons (Fsp3) is 0.286. The molecule has 0 saturated heterocycles. The summed E-state index contributed by atoms with van der Waals surface area (Å²) in [5.74, 6) is 2.09. The van der Waals surface area contributed by atoms with Gasteiger partial charge in [0.2, 0.25) is 5.95 Å². The first-order valence-corrected chi connectivity index (χ1v) is 6.74. The van der Waals surface area contributed by atoms with E-state index in [4.69, 9.17) is 16.3 Å². The van der Waals surface area contributed by atoms with Crippen molar-refractivity contribution in [1.29, 1.82) is 0 Å². The molecule has 0 aliphatic heterocycles. The molecule has 5 nitrogen and oxygen atoms in total. The van der Waals surface area contributed by atoms with Gasteiger partial charge in [-0.3, -0.25) is 0 Å². The Hall–Kier alpha value is -2.01. The maximum absolute atomic E-state index is 6.19. The quantitative estimate of drug-likeness (QED) is 0.856. The third kappa shape index (κ3) is 3.51. The number of methoxy groups -OCH3 is 1. The summed E-state index contributed by atoms with van der Waals surface area (Å²) in [5, 5.41) is 6.95. The second kappa shape index (κ2) is 6.96. The number of hydrogen-bond acceptors (Lipinski definition) is 5. The summed E-state index contributed by atoms with van der Waals surface area (Å²) < 4.78 is 5.31. The van der Waals surface area contributed by atoms with E-state index in [1.54, 1.807) is 13.3 Å². The van der Waals surface area contributed by atoms with Crippen LogP contribution in [0.3, 0.4) is 0 Å². The Kier molecular flexibility index (Phi) is 5.01. The third-order valence-electron chi connectivity index (χ3n) is 2.73. The predicted molar refractivity (Wildman–Crippen MR) is 81.5 cm³/mol. The van der Waals surface area contributed by atoms with Crippen LogP contribution in [-0.2, 0) is 6.54 Å². The van der Waals surface area contributed by atoms with Crippen LogP contribution in [0.5, 0.6) is 5.75 Å². The molecule has 2 rings (SSSR count). The summed E-state index contributed by atoms with van der Waals surface area (Å²) in [4.78, 5) is 8.47. The molecule has 0 saturated carbocycles. The fourth-order valence-electron chi connectivity index (χ4n) is 1.78. The first-order valence-electron chi connectivity index (χ1n) is 6.36. The number of nitrogens with zero attached hydrogens (tertiary/aromatic N) is 2. The van der Waals surface area contributed by atoms with Crippen molar-refractivity contribution in [3.63, 3.8) is 0 Å². The molecule has 20 heavy (non-hydrogen) atoms. The number of anilines is 2. The van der Waals surface area contributed by atoms with Gasteiger partial charge in [0.05, 0.1) is 7.11 Å². The van der Waals surface area contributed by atoms with Gasteiger partial charge >= 0.3 is 0 Å². The van der Waals surface area contributed by atoms with Gasteiger partial charge in [-0.15, -0.1) is 0 Å². The molecule has 0 fully saturated rings. The average Bonchev–Trinajstić information content (AvgIpc) is 2.46. The molecule has 0 unspecified atom stereocenters. The van der Waals surface area contributed by atoms with Crippen LogP contribution in [-0.4, -0.2) is 23.6 Å². The van der Waals surface area contributed by atoms with E-state index in [2.05, 4.69) is 20.6 Å². The van der Waals surface area contributed by atoms with Crippen molar-refractivity contribution < 1.29 is 4.74 Å². The number of hydrogen-bond donors (Lipinski definition) is 2. The van der Waals surface area contributed by atoms with E-state index in [0.717, 1.165) is 23.7 Å². The van der Waals surface area contributed by atoms with Gasteiger partial charge in [0, 0.05) is 29.9 Å². The highest BCUT2D eigenvalue weighted by molar-refractivity contribution is 6.31. The van der Waals surface area contributed by atoms with E-state index >= 15 is 0 Å². The maximum Gasteiger partial charge on any atom is 0.224 e. The predicted octanol–water partition coefficient (Wildman–Crippen LogP) is 3.18. The standard InChI is InChI=1S/C14H17ClN4O/c1-3-16-14-17-8-7-13(19-14)18-9-10-11(15)5-4-6-12(10)20-2/h4-8H,3,9H2,1-2H3,(H2,16,17,18,19). The van der Waals surface area contributed by atoms with Gasteiger partial charge < -0.3 is 15.4 Å². The Labute approximate surface area is 123 Å². The Morgan fingerprint density at radius 1 is 1.25 bits per heavy atom. The number of ether oxygens (including phenoxy) is 1. The summed E-state index contributed by atoms with van der Waals surface area (Å²) in [7, 11) is 1.63. The molecule has 0 radical (unpaired) electrons. The molecule has 1 aromatic heterocycles. The monoisotopic (exact) mass is 292 g/mol. The smallest absolute Gasteiger partial charge is 0.224 e. The van der Waals surface area contributed by atoms with Crippen molar-refractivity contribution >= 4 is 23.4 Å². The number of aromatic nitrogens is 2. The van der Waals surface area contributed by atoms with Crippen molar-refractivity contribution in [2.75, 3.05) is 24.3 Å². The molecular weight excluding hydrogens is 276 g/mol. The zero-order chi connectivity index (χ0) is 14.4. The van der Waals surface area contributed by atoms with Crippen LogP contribution in [0.15, 0.2) is 30.5 Å². The summed E-state index contributed by atoms with van der Waals surface area (Å²) in [6, 6.07) is 7.39. The number of halogens is 1. The van der Waals surface area contributed by atoms with Gasteiger partial charge in [-0.25, -0.2) is 4.98 Å². The van der Waals surface area contributed by atoms with Crippen LogP contribution >= 0.6 is 11.6 Å². The number of benzene rings is 1. The molecule has 0 bridgehead atoms. The first-order chi connectivity index (χ1) is 9.74. The molecule has 0 amide bonds. The van der Waals surface area contributed by atoms with E-state index in [-0.39, 0.29) is 0 Å². The second-order valence-electron chi connectivity index (χ2n) is 4.07. The molecule has 106 valence electrons. The van der Waals surface area contributed by atoms with Crippen LogP contribution in [0, 0.1) is 0 Å². The minimum absolute atomic E-state index is 0.533. The lowest BCUT2D eigenvalue weighted by Gasteiger charge is -2.12. The summed E-state index contributed by atoms with van der Waals surface area (Å²) in [6.45, 7) is 3.31. The molecule has 0 aliphatic carbocycles. The Balaban J connectivity index is 2.10. The lowest BCUT2D eigenvalue weighted by molar-refractivity contribution is 0.410. The zero-order valence-corrected chi connectivity index (χ0v) is 12.2. The normalized spacial score (nSPS) is 10.2. The van der Waals surface area contributed by atoms with Crippen LogP contribution in [0.2, 0.25) is 5.02 Å². The number of nitrogens with one attached hydrogen (secondary N) is 2. The Morgan fingerprint density at radius 3 is 2.85 bits per heavy atom. The number of rotatable bonds is 6. The lowest BCUT2D eigenvalue weighted by atomic mass is 10.2. The molecule has 1 heterocycles. The van der Waals surface area contributed by atoms with E-state index in [1.165, 1.54) is 0 Å². The van der Waals surface area contributed by atoms with Crippen molar-refractivity contribution in [2.45, 2.75) is 13.5 Å². The summed E-state index contributed by atoms with van der Waals surface area (Å²) in [5.41, 5.74) is 0.903. The van der Waals surface area contributed by atoms with Crippen molar-refractivity contribution in [3.05, 3.63) is 41.0 Å². The minimum Gasteiger partial charge on any atom is -0.496 e. The van der Waals surface area contributed by atoms with Crippen LogP contribution in [0.1, 0.15) is 12.5 Å². The van der Waals surface area contributed by atoms with Crippen LogP contribution in [0.25, 0.3) is 0 Å². The topological polar surface area (TPSA) is 59.1 Å². The highest BCUT2D eigenvalue weighted by Gasteiger charge is 2.07. The van der Waals surface area contributed by atoms with E-state index in [9.17, 15) is 0 Å². The molecule has 2 N–H and O–H groups in total. The Morgan fingerprint density at radius 2 is 2.10 bits per heavy atom. The molecule has 0 atom stereocenters. The SMILES string of the molecule is CCNc1nccc(NCc2c(Cl)cccc2OC)n1. The highest BCUT2D eigenvalue weighted by atomic mass is 35.5. The highest BCUT2D eigenvalue weighted by Crippen LogP contribution is 2.26. The largest absolute Gasteiger partial charge is 0.496 e. The first kappa shape index (κ1) is 14.4. The van der Waals surface area contributed by atoms with Crippen molar-refractivity contribution in [3.8, 4) is 5.75 Å². The molecule has 0 aliphatic rings. The lowest BCUT2D eigenvalue weighted by Crippen LogP contribution is -2.07. The van der Waals surface area contributed by atoms with Gasteiger partial charge in [-0.1, -0.05) is 17.7 Å². The third-order valence-corrected chi connectivity index (χ3v) is 3.09. The molecule has 2 aromatic rings. The van der Waals surface area contributed by atoms with Gasteiger partial charge in [-0.2, -0.15) is 4.98 Å². The van der Waals surface area contributed by atoms with Crippen LogP contribution in [0.4, 0.5) is 11.8 Å². The molecule has 1 aromatic carbocycles.